The van der Waals surface area contributed by atoms with Crippen molar-refractivity contribution in [3.8, 4) is 0 Å². The van der Waals surface area contributed by atoms with Crippen molar-refractivity contribution in [1.29, 1.82) is 0 Å². The topological polar surface area (TPSA) is 4.93 Å². The highest BCUT2D eigenvalue weighted by molar-refractivity contribution is 5.40. The maximum Gasteiger partial charge on any atom is 0.0225 e. The van der Waals surface area contributed by atoms with Gasteiger partial charge in [0.05, 0.1) is 0 Å². The largest absolute Gasteiger partial charge is 0.348 e. The zero-order valence-corrected chi connectivity index (χ0v) is 13.1. The third-order valence-corrected chi connectivity index (χ3v) is 4.02. The van der Waals surface area contributed by atoms with Crippen molar-refractivity contribution in [3.63, 3.8) is 0 Å². The quantitative estimate of drug-likeness (QED) is 0.605. The molecule has 1 aromatic rings. The molecule has 0 spiro atoms. The second kappa shape index (κ2) is 7.66. The molecule has 0 aromatic carbocycles. The van der Waals surface area contributed by atoms with Crippen molar-refractivity contribution in [2.45, 2.75) is 86.1 Å². The molecule has 2 aliphatic rings. The van der Waals surface area contributed by atoms with Crippen molar-refractivity contribution in [3.05, 3.63) is 22.5 Å². The molecular formula is C17H31N. The molecule has 0 N–H and O–H groups in total. The summed E-state index contributed by atoms with van der Waals surface area (Å²) >= 11 is 0. The smallest absolute Gasteiger partial charge is 0.0225 e. The van der Waals surface area contributed by atoms with Gasteiger partial charge in [0, 0.05) is 17.9 Å². The molecule has 0 saturated carbocycles. The van der Waals surface area contributed by atoms with Crippen LogP contribution in [0.15, 0.2) is 0 Å². The number of aromatic nitrogens is 1. The maximum atomic E-state index is 2.65. The van der Waals surface area contributed by atoms with Gasteiger partial charge in [0.15, 0.2) is 0 Å². The van der Waals surface area contributed by atoms with E-state index in [1.165, 1.54) is 51.5 Å². The molecule has 18 heavy (non-hydrogen) atoms. The van der Waals surface area contributed by atoms with Crippen LogP contribution < -0.4 is 0 Å². The molecule has 104 valence electrons. The summed E-state index contributed by atoms with van der Waals surface area (Å²) < 4.78 is 2.65. The second-order valence-electron chi connectivity index (χ2n) is 4.81. The van der Waals surface area contributed by atoms with E-state index in [0.29, 0.717) is 0 Å². The van der Waals surface area contributed by atoms with Crippen LogP contribution in [-0.2, 0) is 25.8 Å². The van der Waals surface area contributed by atoms with Gasteiger partial charge in [-0.2, -0.15) is 0 Å². The van der Waals surface area contributed by atoms with Crippen molar-refractivity contribution >= 4 is 0 Å². The minimum absolute atomic E-state index is 1.30. The zero-order valence-electron chi connectivity index (χ0n) is 13.1. The van der Waals surface area contributed by atoms with Gasteiger partial charge in [-0.3, -0.25) is 0 Å². The van der Waals surface area contributed by atoms with E-state index in [2.05, 4.69) is 11.5 Å². The fraction of sp³-hybridized carbons (Fsp3) is 0.765. The van der Waals surface area contributed by atoms with Crippen LogP contribution >= 0.6 is 0 Å². The summed E-state index contributed by atoms with van der Waals surface area (Å²) in [4.78, 5) is 0. The zero-order chi connectivity index (χ0) is 13.5. The Kier molecular flexibility index (Phi) is 6.52. The summed E-state index contributed by atoms with van der Waals surface area (Å²) in [6, 6.07) is 0. The molecule has 0 atom stereocenters. The average Bonchev–Trinajstić information content (AvgIpc) is 2.78. The first-order valence-electron chi connectivity index (χ1n) is 8.07. The Balaban J connectivity index is 0.000000371. The molecule has 0 bridgehead atoms. The predicted molar refractivity (Wildman–Crippen MR) is 81.4 cm³/mol. The van der Waals surface area contributed by atoms with E-state index in [-0.39, 0.29) is 0 Å². The predicted octanol–water partition coefficient (Wildman–Crippen LogP) is 5.06. The fourth-order valence-electron chi connectivity index (χ4n) is 3.29. The van der Waals surface area contributed by atoms with Crippen molar-refractivity contribution < 1.29 is 0 Å². The summed E-state index contributed by atoms with van der Waals surface area (Å²) in [6.07, 6.45) is 9.65. The van der Waals surface area contributed by atoms with E-state index in [9.17, 15) is 0 Å². The number of hydrogen-bond donors (Lipinski definition) is 0. The van der Waals surface area contributed by atoms with E-state index < -0.39 is 0 Å². The highest BCUT2D eigenvalue weighted by Crippen LogP contribution is 2.32. The van der Waals surface area contributed by atoms with Crippen LogP contribution in [-0.4, -0.2) is 4.57 Å². The summed E-state index contributed by atoms with van der Waals surface area (Å²) in [5.74, 6) is 0. The maximum absolute atomic E-state index is 2.65. The van der Waals surface area contributed by atoms with Crippen molar-refractivity contribution in [1.82, 2.24) is 4.57 Å². The normalized spacial score (nSPS) is 16.5. The van der Waals surface area contributed by atoms with Gasteiger partial charge in [0.2, 0.25) is 0 Å². The Morgan fingerprint density at radius 1 is 0.722 bits per heavy atom. The third-order valence-electron chi connectivity index (χ3n) is 4.02. The molecule has 1 aliphatic heterocycles. The Labute approximate surface area is 114 Å². The van der Waals surface area contributed by atoms with Gasteiger partial charge in [0.1, 0.15) is 0 Å². The molecular weight excluding hydrogens is 218 g/mol. The molecule has 1 aliphatic carbocycles. The molecule has 1 nitrogen and oxygen atoms in total. The fourth-order valence-corrected chi connectivity index (χ4v) is 3.29. The van der Waals surface area contributed by atoms with Crippen LogP contribution in [0.2, 0.25) is 0 Å². The Bertz CT molecular complexity index is 327. The van der Waals surface area contributed by atoms with Crippen molar-refractivity contribution in [2.75, 3.05) is 0 Å². The highest BCUT2D eigenvalue weighted by Gasteiger charge is 2.23. The summed E-state index contributed by atoms with van der Waals surface area (Å²) in [6.45, 7) is 11.6. The minimum atomic E-state index is 1.30. The van der Waals surface area contributed by atoms with E-state index in [1.807, 2.05) is 27.7 Å². The first-order chi connectivity index (χ1) is 8.88. The lowest BCUT2D eigenvalue weighted by Gasteiger charge is -2.20. The van der Waals surface area contributed by atoms with Crippen molar-refractivity contribution in [2.24, 2.45) is 0 Å². The molecule has 0 amide bonds. The summed E-state index contributed by atoms with van der Waals surface area (Å²) in [7, 11) is 0. The minimum Gasteiger partial charge on any atom is -0.348 e. The lowest BCUT2D eigenvalue weighted by molar-refractivity contribution is 0.505. The first kappa shape index (κ1) is 15.3. The van der Waals surface area contributed by atoms with Crippen LogP contribution in [0.3, 0.4) is 0 Å². The van der Waals surface area contributed by atoms with E-state index >= 15 is 0 Å². The van der Waals surface area contributed by atoms with Crippen LogP contribution in [0.4, 0.5) is 0 Å². The van der Waals surface area contributed by atoms with Gasteiger partial charge >= 0.3 is 0 Å². The van der Waals surface area contributed by atoms with Gasteiger partial charge in [-0.05, 0) is 63.0 Å². The van der Waals surface area contributed by atoms with Gasteiger partial charge in [-0.25, -0.2) is 0 Å². The summed E-state index contributed by atoms with van der Waals surface area (Å²) in [5.41, 5.74) is 6.72. The first-order valence-corrected chi connectivity index (χ1v) is 8.07. The third kappa shape index (κ3) is 2.81. The van der Waals surface area contributed by atoms with Crippen LogP contribution in [0, 0.1) is 6.92 Å². The standard InChI is InChI=1S/C13H19N.2C2H6/c1-10-11-6-2-3-8-13(11)14-9-5-4-7-12(10)14;2*1-2/h2-9H2,1H3;2*1-2H3. The molecule has 0 unspecified atom stereocenters. The second-order valence-corrected chi connectivity index (χ2v) is 4.81. The molecule has 0 radical (unpaired) electrons. The molecule has 3 rings (SSSR count). The van der Waals surface area contributed by atoms with Crippen LogP contribution in [0.5, 0.6) is 0 Å². The lowest BCUT2D eigenvalue weighted by Crippen LogP contribution is -2.14. The number of nitrogens with zero attached hydrogens (tertiary/aromatic N) is 1. The highest BCUT2D eigenvalue weighted by atomic mass is 15.0. The summed E-state index contributed by atoms with van der Waals surface area (Å²) in [5, 5.41) is 0. The van der Waals surface area contributed by atoms with Gasteiger partial charge in [0.25, 0.3) is 0 Å². The van der Waals surface area contributed by atoms with Crippen LogP contribution in [0.1, 0.15) is 75.9 Å². The van der Waals surface area contributed by atoms with Gasteiger partial charge in [-0.1, -0.05) is 27.7 Å². The lowest BCUT2D eigenvalue weighted by atomic mass is 9.95. The number of rotatable bonds is 0. The monoisotopic (exact) mass is 249 g/mol. The number of hydrogen-bond acceptors (Lipinski definition) is 0. The molecule has 0 fully saturated rings. The SMILES string of the molecule is CC.CC.Cc1c2c(n3c1CCCC3)CCCC2. The molecule has 1 aromatic heterocycles. The van der Waals surface area contributed by atoms with E-state index in [0.717, 1.165) is 0 Å². The average molecular weight is 249 g/mol. The van der Waals surface area contributed by atoms with Crippen LogP contribution in [0.25, 0.3) is 0 Å². The molecule has 0 saturated heterocycles. The number of fused-ring (bicyclic) bond motifs is 3. The molecule has 1 heteroatoms. The Morgan fingerprint density at radius 2 is 1.28 bits per heavy atom. The van der Waals surface area contributed by atoms with E-state index in [4.69, 9.17) is 0 Å². The van der Waals surface area contributed by atoms with E-state index in [1.54, 1.807) is 22.5 Å². The van der Waals surface area contributed by atoms with Gasteiger partial charge < -0.3 is 4.57 Å². The molecule has 2 heterocycles. The Hall–Kier alpha value is -0.720. The Morgan fingerprint density at radius 3 is 2.00 bits per heavy atom. The van der Waals surface area contributed by atoms with Gasteiger partial charge in [-0.15, -0.1) is 0 Å².